The second kappa shape index (κ2) is 9.06. The Kier molecular flexibility index (Phi) is 5.72. The molecule has 2 aliphatic rings. The summed E-state index contributed by atoms with van der Waals surface area (Å²) in [5.41, 5.74) is 15.6. The molecule has 7 nitrogen and oxygen atoms in total. The number of primary amides is 1. The van der Waals surface area contributed by atoms with Crippen LogP contribution < -0.4 is 10.6 Å². The Hall–Kier alpha value is -3.71. The van der Waals surface area contributed by atoms with Crippen LogP contribution in [0.15, 0.2) is 48.8 Å². The zero-order valence-corrected chi connectivity index (χ0v) is 21.0. The van der Waals surface area contributed by atoms with Crippen LogP contribution in [0, 0.1) is 13.8 Å². The highest BCUT2D eigenvalue weighted by molar-refractivity contribution is 5.92. The van der Waals surface area contributed by atoms with E-state index in [-0.39, 0.29) is 0 Å². The van der Waals surface area contributed by atoms with Gasteiger partial charge in [0.15, 0.2) is 0 Å². The molecule has 0 aliphatic carbocycles. The summed E-state index contributed by atoms with van der Waals surface area (Å²) in [6.07, 6.45) is 4.48. The molecule has 0 saturated carbocycles. The van der Waals surface area contributed by atoms with Gasteiger partial charge in [-0.15, -0.1) is 0 Å². The molecule has 2 N–H and O–H groups in total. The maximum absolute atomic E-state index is 11.8. The molecule has 1 saturated heterocycles. The number of aromatic nitrogens is 3. The van der Waals surface area contributed by atoms with Crippen molar-refractivity contribution in [2.24, 2.45) is 5.73 Å². The number of aryl methyl sites for hydroxylation is 2. The molecule has 4 aromatic rings. The van der Waals surface area contributed by atoms with Gasteiger partial charge in [-0.1, -0.05) is 12.1 Å². The summed E-state index contributed by atoms with van der Waals surface area (Å²) < 4.78 is 2.06. The van der Waals surface area contributed by atoms with E-state index >= 15 is 0 Å². The molecular weight excluding hydrogens is 448 g/mol. The van der Waals surface area contributed by atoms with Gasteiger partial charge in [-0.05, 0) is 80.1 Å². The van der Waals surface area contributed by atoms with Gasteiger partial charge in [-0.2, -0.15) is 0 Å². The summed E-state index contributed by atoms with van der Waals surface area (Å²) in [5, 5.41) is 1.24. The zero-order valence-electron chi connectivity index (χ0n) is 21.0. The lowest BCUT2D eigenvalue weighted by atomic mass is 9.91. The molecule has 184 valence electrons. The second-order valence-corrected chi connectivity index (χ2v) is 10.0. The van der Waals surface area contributed by atoms with Crippen LogP contribution in [-0.2, 0) is 19.3 Å². The first-order chi connectivity index (χ1) is 17.5. The monoisotopic (exact) mass is 480 g/mol. The maximum Gasteiger partial charge on any atom is 0.269 e. The third-order valence-corrected chi connectivity index (χ3v) is 7.85. The maximum atomic E-state index is 11.8. The van der Waals surface area contributed by atoms with Crippen molar-refractivity contribution < 1.29 is 4.79 Å². The second-order valence-electron chi connectivity index (χ2n) is 10.0. The number of benzene rings is 2. The van der Waals surface area contributed by atoms with E-state index in [1.54, 1.807) is 6.33 Å². The van der Waals surface area contributed by atoms with Gasteiger partial charge >= 0.3 is 0 Å². The zero-order chi connectivity index (χ0) is 24.8. The van der Waals surface area contributed by atoms with Gasteiger partial charge in [0.25, 0.3) is 5.91 Å². The van der Waals surface area contributed by atoms with Crippen LogP contribution in [0.3, 0.4) is 0 Å². The Bertz CT molecular complexity index is 1460. The Balaban J connectivity index is 1.16. The molecule has 7 heteroatoms. The van der Waals surface area contributed by atoms with Gasteiger partial charge in [-0.3, -0.25) is 14.7 Å². The molecule has 2 aromatic carbocycles. The molecule has 6 rings (SSSR count). The van der Waals surface area contributed by atoms with Gasteiger partial charge in [0.2, 0.25) is 0 Å². The van der Waals surface area contributed by atoms with Crippen molar-refractivity contribution in [1.82, 2.24) is 19.4 Å². The van der Waals surface area contributed by atoms with Crippen LogP contribution in [-0.4, -0.2) is 58.1 Å². The fourth-order valence-corrected chi connectivity index (χ4v) is 5.92. The molecule has 1 amide bonds. The highest BCUT2D eigenvalue weighted by Gasteiger charge is 2.25. The highest BCUT2D eigenvalue weighted by atomic mass is 16.1. The van der Waals surface area contributed by atoms with Crippen LogP contribution in [0.25, 0.3) is 16.6 Å². The number of hydrogen-bond acceptors (Lipinski definition) is 5. The number of amides is 1. The van der Waals surface area contributed by atoms with Crippen LogP contribution in [0.2, 0.25) is 0 Å². The molecule has 2 aromatic heterocycles. The number of carbonyl (C=O) groups excluding carboxylic acids is 1. The lowest BCUT2D eigenvalue weighted by molar-refractivity contribution is 0.0995. The Morgan fingerprint density at radius 2 is 1.81 bits per heavy atom. The predicted molar refractivity (Wildman–Crippen MR) is 143 cm³/mol. The molecule has 0 atom stereocenters. The van der Waals surface area contributed by atoms with Crippen LogP contribution in [0.4, 0.5) is 5.69 Å². The van der Waals surface area contributed by atoms with Gasteiger partial charge in [0, 0.05) is 49.5 Å². The lowest BCUT2D eigenvalue weighted by Crippen LogP contribution is -2.47. The van der Waals surface area contributed by atoms with Crippen molar-refractivity contribution in [1.29, 1.82) is 0 Å². The standard InChI is InChI=1S/C29H32N6O/c1-19-6-10-26-22(9-11-27-28(29(30)36)31-18-35(26)27)21(19)12-13-33-14-16-34(17-15-33)25-5-3-4-24-23(25)8-7-20(2)32-24/h3-8,10,18H,9,11-17H2,1-2H3,(H2,30,36). The Morgan fingerprint density at radius 1 is 0.972 bits per heavy atom. The molecule has 0 bridgehead atoms. The number of piperazine rings is 1. The third-order valence-electron chi connectivity index (χ3n) is 7.85. The van der Waals surface area contributed by atoms with Crippen molar-refractivity contribution in [3.8, 4) is 5.69 Å². The van der Waals surface area contributed by atoms with Gasteiger partial charge in [0.05, 0.1) is 16.9 Å². The van der Waals surface area contributed by atoms with E-state index in [0.29, 0.717) is 5.69 Å². The van der Waals surface area contributed by atoms with Crippen LogP contribution >= 0.6 is 0 Å². The summed E-state index contributed by atoms with van der Waals surface area (Å²) in [5.74, 6) is -0.450. The number of hydrogen-bond donors (Lipinski definition) is 1. The van der Waals surface area contributed by atoms with Crippen molar-refractivity contribution in [3.63, 3.8) is 0 Å². The molecule has 0 spiro atoms. The average Bonchev–Trinajstić information content (AvgIpc) is 3.33. The van der Waals surface area contributed by atoms with E-state index in [1.807, 2.05) is 6.92 Å². The molecular formula is C29H32N6O. The fraction of sp³-hybridized carbons (Fsp3) is 0.345. The SMILES string of the molecule is Cc1ccc2c(N3CCN(CCc4c(C)ccc5c4CCc4c(C(N)=O)ncn4-5)CC3)cccc2n1. The molecule has 0 radical (unpaired) electrons. The average molecular weight is 481 g/mol. The largest absolute Gasteiger partial charge is 0.368 e. The Labute approximate surface area is 211 Å². The molecule has 2 aliphatic heterocycles. The van der Waals surface area contributed by atoms with E-state index in [1.165, 1.54) is 27.8 Å². The first-order valence-corrected chi connectivity index (χ1v) is 12.8. The molecule has 0 unspecified atom stereocenters. The van der Waals surface area contributed by atoms with Gasteiger partial charge in [-0.25, -0.2) is 4.98 Å². The van der Waals surface area contributed by atoms with Crippen LogP contribution in [0.5, 0.6) is 0 Å². The summed E-state index contributed by atoms with van der Waals surface area (Å²) >= 11 is 0. The van der Waals surface area contributed by atoms with E-state index in [9.17, 15) is 4.79 Å². The number of nitrogens with zero attached hydrogens (tertiary/aromatic N) is 5. The van der Waals surface area contributed by atoms with E-state index in [4.69, 9.17) is 10.7 Å². The van der Waals surface area contributed by atoms with E-state index < -0.39 is 5.91 Å². The number of anilines is 1. The molecule has 36 heavy (non-hydrogen) atoms. The summed E-state index contributed by atoms with van der Waals surface area (Å²) in [4.78, 5) is 25.9. The van der Waals surface area contributed by atoms with Crippen molar-refractivity contribution >= 4 is 22.5 Å². The first kappa shape index (κ1) is 22.7. The minimum absolute atomic E-state index is 0.401. The van der Waals surface area contributed by atoms with Crippen LogP contribution in [0.1, 0.15) is 38.6 Å². The number of nitrogens with two attached hydrogens (primary N) is 1. The van der Waals surface area contributed by atoms with Crippen molar-refractivity contribution in [2.45, 2.75) is 33.1 Å². The minimum Gasteiger partial charge on any atom is -0.368 e. The number of pyridine rings is 1. The lowest BCUT2D eigenvalue weighted by Gasteiger charge is -2.37. The number of rotatable bonds is 5. The first-order valence-electron chi connectivity index (χ1n) is 12.8. The molecule has 1 fully saturated rings. The number of fused-ring (bicyclic) bond motifs is 4. The van der Waals surface area contributed by atoms with E-state index in [2.05, 4.69) is 68.7 Å². The van der Waals surface area contributed by atoms with Gasteiger partial charge < -0.3 is 15.2 Å². The third kappa shape index (κ3) is 3.93. The van der Waals surface area contributed by atoms with Crippen molar-refractivity contribution in [3.05, 3.63) is 82.6 Å². The normalized spacial score (nSPS) is 15.7. The van der Waals surface area contributed by atoms with E-state index in [0.717, 1.165) is 74.6 Å². The predicted octanol–water partition coefficient (Wildman–Crippen LogP) is 3.60. The number of imidazole rings is 1. The highest BCUT2D eigenvalue weighted by Crippen LogP contribution is 2.31. The summed E-state index contributed by atoms with van der Waals surface area (Å²) in [6.45, 7) is 9.45. The summed E-state index contributed by atoms with van der Waals surface area (Å²) in [6, 6.07) is 15.1. The quantitative estimate of drug-likeness (QED) is 0.472. The topological polar surface area (TPSA) is 80.3 Å². The number of carbonyl (C=O) groups is 1. The molecule has 4 heterocycles. The fourth-order valence-electron chi connectivity index (χ4n) is 5.92. The Morgan fingerprint density at radius 3 is 2.61 bits per heavy atom. The minimum atomic E-state index is -0.450. The summed E-state index contributed by atoms with van der Waals surface area (Å²) in [7, 11) is 0. The van der Waals surface area contributed by atoms with Gasteiger partial charge in [0.1, 0.15) is 12.0 Å². The smallest absolute Gasteiger partial charge is 0.269 e. The van der Waals surface area contributed by atoms with Crippen molar-refractivity contribution in [2.75, 3.05) is 37.6 Å².